The maximum Gasteiger partial charge on any atom is 0.129 e. The van der Waals surface area contributed by atoms with Crippen LogP contribution >= 0.6 is 0 Å². The summed E-state index contributed by atoms with van der Waals surface area (Å²) in [5, 5.41) is 0. The van der Waals surface area contributed by atoms with Gasteiger partial charge in [0.2, 0.25) is 0 Å². The van der Waals surface area contributed by atoms with E-state index in [1.807, 2.05) is 6.08 Å². The molecule has 0 fully saturated rings. The predicted molar refractivity (Wildman–Crippen MR) is 83.5 cm³/mol. The van der Waals surface area contributed by atoms with Crippen molar-refractivity contribution in [3.8, 4) is 0 Å². The third kappa shape index (κ3) is 4.06. The van der Waals surface area contributed by atoms with Crippen LogP contribution in [0.15, 0.2) is 24.8 Å². The maximum absolute atomic E-state index is 5.80. The molecule has 0 aromatic carbocycles. The maximum atomic E-state index is 5.80. The number of anilines is 1. The number of rotatable bonds is 5. The molecule has 1 aromatic heterocycles. The summed E-state index contributed by atoms with van der Waals surface area (Å²) in [6.07, 6.45) is 1.91. The average Bonchev–Trinajstić information content (AvgIpc) is 2.33. The molecule has 1 rings (SSSR count). The molecule has 0 radical (unpaired) electrons. The molecule has 1 heterocycles. The Hall–Kier alpha value is -1.35. The van der Waals surface area contributed by atoms with Crippen molar-refractivity contribution in [1.29, 1.82) is 0 Å². The number of nitrogens with two attached hydrogens (primary N) is 1. The van der Waals surface area contributed by atoms with Crippen LogP contribution in [0.4, 0.5) is 5.82 Å². The number of hydrogen-bond donors (Lipinski definition) is 1. The minimum absolute atomic E-state index is 0.00264. The van der Waals surface area contributed by atoms with Crippen LogP contribution in [-0.4, -0.2) is 17.1 Å². The first-order valence-electron chi connectivity index (χ1n) is 6.89. The number of pyridine rings is 1. The van der Waals surface area contributed by atoms with Crippen LogP contribution in [0.25, 0.3) is 0 Å². The summed E-state index contributed by atoms with van der Waals surface area (Å²) in [6, 6.07) is 4.18. The van der Waals surface area contributed by atoms with Crippen LogP contribution in [0.1, 0.15) is 51.8 Å². The molecule has 3 nitrogen and oxygen atoms in total. The van der Waals surface area contributed by atoms with Gasteiger partial charge in [0.15, 0.2) is 0 Å². The Morgan fingerprint density at radius 3 is 2.42 bits per heavy atom. The second-order valence-electron chi connectivity index (χ2n) is 6.19. The first kappa shape index (κ1) is 15.7. The van der Waals surface area contributed by atoms with Crippen molar-refractivity contribution in [2.24, 2.45) is 5.73 Å². The molecule has 19 heavy (non-hydrogen) atoms. The van der Waals surface area contributed by atoms with E-state index in [0.29, 0.717) is 12.5 Å². The number of aromatic nitrogens is 1. The highest BCUT2D eigenvalue weighted by molar-refractivity contribution is 5.46. The highest BCUT2D eigenvalue weighted by Crippen LogP contribution is 2.25. The van der Waals surface area contributed by atoms with E-state index >= 15 is 0 Å². The van der Waals surface area contributed by atoms with Gasteiger partial charge in [0.05, 0.1) is 0 Å². The van der Waals surface area contributed by atoms with Crippen LogP contribution < -0.4 is 10.6 Å². The summed E-state index contributed by atoms with van der Waals surface area (Å²) in [5.74, 6) is 1.38. The molecule has 0 aliphatic heterocycles. The standard InChI is InChI=1S/C16H27N3/c1-7-8-19(16(4,5)6)15-10-13(11-17)9-14(18-15)12(2)3/h7,9-10,12H,1,8,11,17H2,2-6H3. The van der Waals surface area contributed by atoms with Gasteiger partial charge in [0.25, 0.3) is 0 Å². The molecule has 1 aromatic rings. The normalized spacial score (nSPS) is 11.7. The molecule has 0 unspecified atom stereocenters. The molecule has 0 aliphatic carbocycles. The van der Waals surface area contributed by atoms with Crippen LogP contribution in [0.2, 0.25) is 0 Å². The van der Waals surface area contributed by atoms with Gasteiger partial charge in [-0.2, -0.15) is 0 Å². The van der Waals surface area contributed by atoms with E-state index < -0.39 is 0 Å². The molecule has 0 saturated heterocycles. The third-order valence-corrected chi connectivity index (χ3v) is 3.12. The smallest absolute Gasteiger partial charge is 0.129 e. The SMILES string of the molecule is C=CCN(c1cc(CN)cc(C(C)C)n1)C(C)(C)C. The van der Waals surface area contributed by atoms with Crippen LogP contribution in [-0.2, 0) is 6.54 Å². The van der Waals surface area contributed by atoms with Crippen molar-refractivity contribution >= 4 is 5.82 Å². The largest absolute Gasteiger partial charge is 0.348 e. The molecule has 0 amide bonds. The van der Waals surface area contributed by atoms with E-state index in [4.69, 9.17) is 10.7 Å². The van der Waals surface area contributed by atoms with E-state index in [9.17, 15) is 0 Å². The summed E-state index contributed by atoms with van der Waals surface area (Å²) in [5.41, 5.74) is 8.03. The first-order valence-corrected chi connectivity index (χ1v) is 6.89. The zero-order valence-electron chi connectivity index (χ0n) is 12.9. The summed E-state index contributed by atoms with van der Waals surface area (Å²) in [6.45, 7) is 16.0. The quantitative estimate of drug-likeness (QED) is 0.825. The lowest BCUT2D eigenvalue weighted by Crippen LogP contribution is -2.42. The van der Waals surface area contributed by atoms with Crippen LogP contribution in [0, 0.1) is 0 Å². The van der Waals surface area contributed by atoms with Crippen molar-refractivity contribution in [2.45, 2.75) is 52.6 Å². The Morgan fingerprint density at radius 2 is 2.00 bits per heavy atom. The fraction of sp³-hybridized carbons (Fsp3) is 0.562. The van der Waals surface area contributed by atoms with Gasteiger partial charge in [-0.1, -0.05) is 19.9 Å². The lowest BCUT2D eigenvalue weighted by molar-refractivity contribution is 0.516. The molecule has 0 atom stereocenters. The molecule has 0 aliphatic rings. The van der Waals surface area contributed by atoms with Crippen molar-refractivity contribution in [3.63, 3.8) is 0 Å². The Bertz CT molecular complexity index is 430. The monoisotopic (exact) mass is 261 g/mol. The van der Waals surface area contributed by atoms with Crippen LogP contribution in [0.5, 0.6) is 0 Å². The van der Waals surface area contributed by atoms with E-state index in [1.165, 1.54) is 0 Å². The van der Waals surface area contributed by atoms with Gasteiger partial charge in [-0.3, -0.25) is 0 Å². The Labute approximate surface area is 117 Å². The lowest BCUT2D eigenvalue weighted by atomic mass is 10.0. The van der Waals surface area contributed by atoms with E-state index in [-0.39, 0.29) is 5.54 Å². The highest BCUT2D eigenvalue weighted by atomic mass is 15.2. The molecule has 2 N–H and O–H groups in total. The molecule has 3 heteroatoms. The fourth-order valence-electron chi connectivity index (χ4n) is 1.99. The summed E-state index contributed by atoms with van der Waals surface area (Å²) in [7, 11) is 0. The van der Waals surface area contributed by atoms with Gasteiger partial charge in [0.1, 0.15) is 5.82 Å². The third-order valence-electron chi connectivity index (χ3n) is 3.12. The average molecular weight is 261 g/mol. The summed E-state index contributed by atoms with van der Waals surface area (Å²) >= 11 is 0. The summed E-state index contributed by atoms with van der Waals surface area (Å²) < 4.78 is 0. The number of hydrogen-bond acceptors (Lipinski definition) is 3. The lowest BCUT2D eigenvalue weighted by Gasteiger charge is -2.36. The number of nitrogens with zero attached hydrogens (tertiary/aromatic N) is 2. The molecule has 0 spiro atoms. The zero-order valence-corrected chi connectivity index (χ0v) is 12.9. The summed E-state index contributed by atoms with van der Waals surface area (Å²) in [4.78, 5) is 7.04. The van der Waals surface area contributed by atoms with Gasteiger partial charge in [-0.25, -0.2) is 4.98 Å². The molecular weight excluding hydrogens is 234 g/mol. The zero-order chi connectivity index (χ0) is 14.6. The second-order valence-corrected chi connectivity index (χ2v) is 6.19. The fourth-order valence-corrected chi connectivity index (χ4v) is 1.99. The van der Waals surface area contributed by atoms with E-state index in [1.54, 1.807) is 0 Å². The predicted octanol–water partition coefficient (Wildman–Crippen LogP) is 3.45. The van der Waals surface area contributed by atoms with Crippen molar-refractivity contribution in [1.82, 2.24) is 4.98 Å². The molecule has 106 valence electrons. The topological polar surface area (TPSA) is 42.1 Å². The second kappa shape index (κ2) is 6.20. The van der Waals surface area contributed by atoms with Gasteiger partial charge >= 0.3 is 0 Å². The highest BCUT2D eigenvalue weighted by Gasteiger charge is 2.22. The van der Waals surface area contributed by atoms with Gasteiger partial charge in [-0.05, 0) is 44.4 Å². The molecule has 0 bridgehead atoms. The Balaban J connectivity index is 3.29. The minimum Gasteiger partial charge on any atom is -0.348 e. The Morgan fingerprint density at radius 1 is 1.37 bits per heavy atom. The first-order chi connectivity index (χ1) is 8.79. The van der Waals surface area contributed by atoms with Crippen molar-refractivity contribution < 1.29 is 0 Å². The van der Waals surface area contributed by atoms with Gasteiger partial charge < -0.3 is 10.6 Å². The molecule has 0 saturated carbocycles. The van der Waals surface area contributed by atoms with E-state index in [0.717, 1.165) is 23.6 Å². The van der Waals surface area contributed by atoms with Crippen LogP contribution in [0.3, 0.4) is 0 Å². The minimum atomic E-state index is 0.00264. The van der Waals surface area contributed by atoms with Crippen molar-refractivity contribution in [2.75, 3.05) is 11.4 Å². The van der Waals surface area contributed by atoms with Crippen molar-refractivity contribution in [3.05, 3.63) is 36.0 Å². The molecular formula is C16H27N3. The van der Waals surface area contributed by atoms with Gasteiger partial charge in [-0.15, -0.1) is 6.58 Å². The van der Waals surface area contributed by atoms with E-state index in [2.05, 4.69) is 58.2 Å². The Kier molecular flexibility index (Phi) is 5.12. The van der Waals surface area contributed by atoms with Gasteiger partial charge in [0, 0.05) is 24.3 Å².